The molecule has 3 aromatic carbocycles. The topological polar surface area (TPSA) is 71.4 Å². The number of nitrogen functional groups attached to an aromatic ring is 2. The van der Waals surface area contributed by atoms with Gasteiger partial charge in [-0.05, 0) is 78.1 Å². The molecular formula is C29H31N5. The third kappa shape index (κ3) is 4.29. The Bertz CT molecular complexity index is 1180. The fourth-order valence-electron chi connectivity index (χ4n) is 4.91. The van der Waals surface area contributed by atoms with Gasteiger partial charge < -0.3 is 21.3 Å². The lowest BCUT2D eigenvalue weighted by Gasteiger charge is -2.33. The van der Waals surface area contributed by atoms with Crippen LogP contribution in [0.5, 0.6) is 0 Å². The van der Waals surface area contributed by atoms with Crippen molar-refractivity contribution in [1.29, 1.82) is 0 Å². The molecule has 4 aromatic rings. The summed E-state index contributed by atoms with van der Waals surface area (Å²) in [6, 6.07) is 30.2. The molecule has 1 fully saturated rings. The Morgan fingerprint density at radius 1 is 0.676 bits per heavy atom. The van der Waals surface area contributed by atoms with E-state index in [9.17, 15) is 0 Å². The van der Waals surface area contributed by atoms with Gasteiger partial charge in [-0.25, -0.2) is 4.98 Å². The molecule has 34 heavy (non-hydrogen) atoms. The molecule has 4 N–H and O–H groups in total. The van der Waals surface area contributed by atoms with Crippen LogP contribution in [0.2, 0.25) is 0 Å². The fraction of sp³-hybridized carbons (Fsp3) is 0.207. The summed E-state index contributed by atoms with van der Waals surface area (Å²) in [6.45, 7) is 0. The summed E-state index contributed by atoms with van der Waals surface area (Å²) < 4.78 is 0. The molecule has 0 saturated carbocycles. The van der Waals surface area contributed by atoms with Crippen molar-refractivity contribution in [3.8, 4) is 11.1 Å². The van der Waals surface area contributed by atoms with Crippen molar-refractivity contribution in [1.82, 2.24) is 4.98 Å². The lowest BCUT2D eigenvalue weighted by Crippen LogP contribution is -2.26. The quantitative estimate of drug-likeness (QED) is 0.362. The lowest BCUT2D eigenvalue weighted by atomic mass is 10.0. The molecular weight excluding hydrogens is 418 g/mol. The summed E-state index contributed by atoms with van der Waals surface area (Å²) in [4.78, 5) is 9.13. The number of anilines is 4. The number of pyridine rings is 1. The summed E-state index contributed by atoms with van der Waals surface area (Å²) in [5, 5.41) is 0. The molecule has 2 atom stereocenters. The van der Waals surface area contributed by atoms with Crippen LogP contribution in [-0.2, 0) is 0 Å². The van der Waals surface area contributed by atoms with Crippen LogP contribution in [0.25, 0.3) is 11.1 Å². The molecule has 2 heterocycles. The van der Waals surface area contributed by atoms with Crippen molar-refractivity contribution in [2.45, 2.75) is 24.9 Å². The van der Waals surface area contributed by atoms with Crippen molar-refractivity contribution in [2.75, 3.05) is 35.4 Å². The zero-order chi connectivity index (χ0) is 23.7. The summed E-state index contributed by atoms with van der Waals surface area (Å²) in [5.41, 5.74) is 19.6. The van der Waals surface area contributed by atoms with Gasteiger partial charge in [0.15, 0.2) is 0 Å². The number of rotatable bonds is 5. The third-order valence-corrected chi connectivity index (χ3v) is 6.73. The average Bonchev–Trinajstić information content (AvgIpc) is 3.30. The van der Waals surface area contributed by atoms with E-state index in [1.807, 2.05) is 49.5 Å². The van der Waals surface area contributed by atoms with Gasteiger partial charge in [0.1, 0.15) is 5.82 Å². The first kappa shape index (κ1) is 21.8. The van der Waals surface area contributed by atoms with E-state index >= 15 is 0 Å². The van der Waals surface area contributed by atoms with Gasteiger partial charge in [-0.15, -0.1) is 0 Å². The first-order valence-electron chi connectivity index (χ1n) is 11.7. The predicted molar refractivity (Wildman–Crippen MR) is 143 cm³/mol. The first-order valence-corrected chi connectivity index (χ1v) is 11.7. The molecule has 0 spiro atoms. The molecule has 1 saturated heterocycles. The average molecular weight is 450 g/mol. The Hall–Kier alpha value is -3.99. The standard InChI is InChI=1S/C29H31N5/c1-33(2)29-18-9-23(19-32-29)20-7-14-26(15-8-20)34-27(21-3-10-24(30)11-4-21)16-17-28(34)22-5-12-25(31)13-6-22/h3-15,18-19,27-28H,16-17,30-31H2,1-2H3. The minimum atomic E-state index is 0.287. The molecule has 0 aliphatic carbocycles. The van der Waals surface area contributed by atoms with E-state index < -0.39 is 0 Å². The Morgan fingerprint density at radius 2 is 1.18 bits per heavy atom. The predicted octanol–water partition coefficient (Wildman–Crippen LogP) is 6.06. The zero-order valence-corrected chi connectivity index (χ0v) is 19.7. The normalized spacial score (nSPS) is 17.6. The van der Waals surface area contributed by atoms with Crippen LogP contribution in [0, 0.1) is 0 Å². The van der Waals surface area contributed by atoms with Gasteiger partial charge in [-0.2, -0.15) is 0 Å². The largest absolute Gasteiger partial charge is 0.399 e. The van der Waals surface area contributed by atoms with Gasteiger partial charge in [0, 0.05) is 42.9 Å². The van der Waals surface area contributed by atoms with Crippen LogP contribution in [0.3, 0.4) is 0 Å². The van der Waals surface area contributed by atoms with E-state index in [0.717, 1.165) is 41.2 Å². The van der Waals surface area contributed by atoms with Gasteiger partial charge in [-0.1, -0.05) is 36.4 Å². The van der Waals surface area contributed by atoms with E-state index in [0.29, 0.717) is 0 Å². The maximum Gasteiger partial charge on any atom is 0.127 e. The lowest BCUT2D eigenvalue weighted by molar-refractivity contribution is 0.674. The number of nitrogens with two attached hydrogens (primary N) is 2. The number of nitrogens with zero attached hydrogens (tertiary/aromatic N) is 3. The summed E-state index contributed by atoms with van der Waals surface area (Å²) in [5.74, 6) is 0.954. The molecule has 5 rings (SSSR count). The molecule has 1 aliphatic rings. The maximum atomic E-state index is 5.97. The first-order chi connectivity index (χ1) is 16.5. The van der Waals surface area contributed by atoms with Crippen LogP contribution in [0.15, 0.2) is 91.1 Å². The van der Waals surface area contributed by atoms with Crippen molar-refractivity contribution < 1.29 is 0 Å². The number of aromatic nitrogens is 1. The highest BCUT2D eigenvalue weighted by atomic mass is 15.2. The third-order valence-electron chi connectivity index (χ3n) is 6.73. The van der Waals surface area contributed by atoms with Crippen molar-refractivity contribution in [3.05, 3.63) is 102 Å². The van der Waals surface area contributed by atoms with Crippen LogP contribution in [-0.4, -0.2) is 19.1 Å². The van der Waals surface area contributed by atoms with Crippen LogP contribution in [0.1, 0.15) is 36.1 Å². The molecule has 0 bridgehead atoms. The molecule has 1 aromatic heterocycles. The minimum Gasteiger partial charge on any atom is -0.399 e. The molecule has 2 unspecified atom stereocenters. The van der Waals surface area contributed by atoms with E-state index in [4.69, 9.17) is 11.5 Å². The zero-order valence-electron chi connectivity index (χ0n) is 19.7. The van der Waals surface area contributed by atoms with E-state index in [2.05, 4.69) is 70.5 Å². The van der Waals surface area contributed by atoms with Gasteiger partial charge in [0.25, 0.3) is 0 Å². The second-order valence-electron chi connectivity index (χ2n) is 9.20. The monoisotopic (exact) mass is 449 g/mol. The highest BCUT2D eigenvalue weighted by Gasteiger charge is 2.35. The van der Waals surface area contributed by atoms with Crippen molar-refractivity contribution >= 4 is 22.9 Å². The molecule has 5 nitrogen and oxygen atoms in total. The maximum absolute atomic E-state index is 5.97. The Morgan fingerprint density at radius 3 is 1.62 bits per heavy atom. The SMILES string of the molecule is CN(C)c1ccc(-c2ccc(N3C(c4ccc(N)cc4)CCC3c3ccc(N)cc3)cc2)cn1. The van der Waals surface area contributed by atoms with Crippen molar-refractivity contribution in [3.63, 3.8) is 0 Å². The minimum absolute atomic E-state index is 0.287. The van der Waals surface area contributed by atoms with Crippen LogP contribution in [0.4, 0.5) is 22.9 Å². The highest BCUT2D eigenvalue weighted by Crippen LogP contribution is 2.47. The van der Waals surface area contributed by atoms with E-state index in [1.165, 1.54) is 16.8 Å². The van der Waals surface area contributed by atoms with Crippen molar-refractivity contribution in [2.24, 2.45) is 0 Å². The highest BCUT2D eigenvalue weighted by molar-refractivity contribution is 5.67. The number of hydrogen-bond acceptors (Lipinski definition) is 5. The summed E-state index contributed by atoms with van der Waals surface area (Å²) in [7, 11) is 4.00. The van der Waals surface area contributed by atoms with Crippen LogP contribution >= 0.6 is 0 Å². The smallest absolute Gasteiger partial charge is 0.127 e. The molecule has 1 aliphatic heterocycles. The molecule has 0 amide bonds. The second-order valence-corrected chi connectivity index (χ2v) is 9.20. The fourth-order valence-corrected chi connectivity index (χ4v) is 4.91. The van der Waals surface area contributed by atoms with Gasteiger partial charge in [-0.3, -0.25) is 0 Å². The van der Waals surface area contributed by atoms with Crippen LogP contribution < -0.4 is 21.3 Å². The van der Waals surface area contributed by atoms with E-state index in [-0.39, 0.29) is 12.1 Å². The van der Waals surface area contributed by atoms with Gasteiger partial charge in [0.05, 0.1) is 12.1 Å². The Labute approximate surface area is 201 Å². The Kier molecular flexibility index (Phi) is 5.84. The Balaban J connectivity index is 1.49. The molecule has 5 heteroatoms. The summed E-state index contributed by atoms with van der Waals surface area (Å²) in [6.07, 6.45) is 4.10. The summed E-state index contributed by atoms with van der Waals surface area (Å²) >= 11 is 0. The van der Waals surface area contributed by atoms with Gasteiger partial charge in [0.2, 0.25) is 0 Å². The molecule has 172 valence electrons. The van der Waals surface area contributed by atoms with Gasteiger partial charge >= 0.3 is 0 Å². The number of benzene rings is 3. The number of hydrogen-bond donors (Lipinski definition) is 2. The van der Waals surface area contributed by atoms with E-state index in [1.54, 1.807) is 0 Å². The second kappa shape index (κ2) is 9.10. The molecule has 0 radical (unpaired) electrons.